The summed E-state index contributed by atoms with van der Waals surface area (Å²) in [6.07, 6.45) is 0. The Bertz CT molecular complexity index is 704. The van der Waals surface area contributed by atoms with Crippen LogP contribution in [0.15, 0.2) is 23.1 Å². The molecule has 0 spiro atoms. The van der Waals surface area contributed by atoms with E-state index in [4.69, 9.17) is 16.9 Å². The summed E-state index contributed by atoms with van der Waals surface area (Å²) in [7, 11) is -3.76. The number of rotatable bonds is 2. The van der Waals surface area contributed by atoms with E-state index < -0.39 is 10.0 Å². The van der Waals surface area contributed by atoms with Gasteiger partial charge in [0.2, 0.25) is 15.9 Å². The molecule has 0 saturated carbocycles. The molecule has 1 fully saturated rings. The number of hydrogen-bond acceptors (Lipinski definition) is 4. The van der Waals surface area contributed by atoms with Crippen LogP contribution >= 0.6 is 11.6 Å². The van der Waals surface area contributed by atoms with Gasteiger partial charge in [-0.05, 0) is 18.2 Å². The number of nitrogens with zero attached hydrogens (tertiary/aromatic N) is 3. The van der Waals surface area contributed by atoms with E-state index in [9.17, 15) is 13.2 Å². The summed E-state index contributed by atoms with van der Waals surface area (Å²) < 4.78 is 26.4. The Hall–Kier alpha value is -1.62. The third-order valence-corrected chi connectivity index (χ3v) is 5.74. The number of sulfonamides is 1. The molecule has 0 N–H and O–H groups in total. The van der Waals surface area contributed by atoms with Gasteiger partial charge in [-0.1, -0.05) is 11.6 Å². The normalized spacial score (nSPS) is 16.5. The van der Waals surface area contributed by atoms with Crippen LogP contribution in [0.1, 0.15) is 12.5 Å². The van der Waals surface area contributed by atoms with Crippen LogP contribution in [0.4, 0.5) is 0 Å². The molecule has 1 aliphatic rings. The van der Waals surface area contributed by atoms with E-state index in [2.05, 4.69) is 0 Å². The molecule has 0 atom stereocenters. The first-order valence-electron chi connectivity index (χ1n) is 6.31. The molecule has 1 aromatic carbocycles. The maximum Gasteiger partial charge on any atom is 0.244 e. The van der Waals surface area contributed by atoms with E-state index in [1.165, 1.54) is 29.4 Å². The standard InChI is InChI=1S/C13H14ClN3O3S/c1-10(18)16-4-6-17(7-5-16)21(19,20)13-8-11(9-15)2-3-12(13)14/h2-3,8H,4-7H2,1H3. The fourth-order valence-corrected chi connectivity index (χ4v) is 4.08. The number of hydrogen-bond donors (Lipinski definition) is 0. The third-order valence-electron chi connectivity index (χ3n) is 3.36. The first-order valence-corrected chi connectivity index (χ1v) is 8.13. The van der Waals surface area contributed by atoms with Gasteiger partial charge in [-0.25, -0.2) is 8.42 Å². The number of nitriles is 1. The smallest absolute Gasteiger partial charge is 0.244 e. The first-order chi connectivity index (χ1) is 9.86. The summed E-state index contributed by atoms with van der Waals surface area (Å²) in [4.78, 5) is 12.8. The predicted molar refractivity (Wildman–Crippen MR) is 77.2 cm³/mol. The molecule has 0 aliphatic carbocycles. The van der Waals surface area contributed by atoms with Crippen molar-refractivity contribution in [1.29, 1.82) is 5.26 Å². The highest BCUT2D eigenvalue weighted by Gasteiger charge is 2.30. The number of carbonyl (C=O) groups is 1. The molecule has 2 rings (SSSR count). The summed E-state index contributed by atoms with van der Waals surface area (Å²) in [6.45, 7) is 2.59. The minimum Gasteiger partial charge on any atom is -0.340 e. The number of piperazine rings is 1. The largest absolute Gasteiger partial charge is 0.340 e. The van der Waals surface area contributed by atoms with Crippen molar-refractivity contribution in [3.8, 4) is 6.07 Å². The van der Waals surface area contributed by atoms with Crippen molar-refractivity contribution in [1.82, 2.24) is 9.21 Å². The number of benzene rings is 1. The van der Waals surface area contributed by atoms with Gasteiger partial charge in [0.05, 0.1) is 16.7 Å². The molecule has 0 radical (unpaired) electrons. The maximum atomic E-state index is 12.6. The lowest BCUT2D eigenvalue weighted by molar-refractivity contribution is -0.129. The van der Waals surface area contributed by atoms with Crippen molar-refractivity contribution < 1.29 is 13.2 Å². The molecule has 1 saturated heterocycles. The number of carbonyl (C=O) groups excluding carboxylic acids is 1. The summed E-state index contributed by atoms with van der Waals surface area (Å²) in [5.41, 5.74) is 0.236. The van der Waals surface area contributed by atoms with Crippen molar-refractivity contribution in [2.75, 3.05) is 26.2 Å². The SMILES string of the molecule is CC(=O)N1CCN(S(=O)(=O)c2cc(C#N)ccc2Cl)CC1. The van der Waals surface area contributed by atoms with E-state index in [-0.39, 0.29) is 34.5 Å². The fraction of sp³-hybridized carbons (Fsp3) is 0.385. The van der Waals surface area contributed by atoms with Crippen molar-refractivity contribution in [3.63, 3.8) is 0 Å². The summed E-state index contributed by atoms with van der Waals surface area (Å²) in [5.74, 6) is -0.0726. The number of amides is 1. The summed E-state index contributed by atoms with van der Waals surface area (Å²) in [6, 6.07) is 6.04. The van der Waals surface area contributed by atoms with Crippen molar-refractivity contribution in [3.05, 3.63) is 28.8 Å². The summed E-state index contributed by atoms with van der Waals surface area (Å²) in [5, 5.41) is 8.97. The van der Waals surface area contributed by atoms with Gasteiger partial charge >= 0.3 is 0 Å². The second kappa shape index (κ2) is 6.02. The van der Waals surface area contributed by atoms with Crippen molar-refractivity contribution in [2.24, 2.45) is 0 Å². The van der Waals surface area contributed by atoms with Gasteiger partial charge in [-0.3, -0.25) is 4.79 Å². The molecule has 112 valence electrons. The molecule has 21 heavy (non-hydrogen) atoms. The van der Waals surface area contributed by atoms with Crippen LogP contribution in [0.25, 0.3) is 0 Å². The molecular weight excluding hydrogens is 314 g/mol. The van der Waals surface area contributed by atoms with Crippen LogP contribution in [0, 0.1) is 11.3 Å². The Morgan fingerprint density at radius 2 is 1.90 bits per heavy atom. The Morgan fingerprint density at radius 3 is 2.43 bits per heavy atom. The lowest BCUT2D eigenvalue weighted by Gasteiger charge is -2.33. The van der Waals surface area contributed by atoms with Crippen LogP contribution in [0.3, 0.4) is 0 Å². The van der Waals surface area contributed by atoms with E-state index in [0.29, 0.717) is 13.1 Å². The van der Waals surface area contributed by atoms with Gasteiger partial charge < -0.3 is 4.90 Å². The second-order valence-corrected chi connectivity index (χ2v) is 6.98. The van der Waals surface area contributed by atoms with Crippen molar-refractivity contribution in [2.45, 2.75) is 11.8 Å². The molecule has 0 unspecified atom stereocenters. The Labute approximate surface area is 128 Å². The van der Waals surface area contributed by atoms with Crippen LogP contribution in [0.2, 0.25) is 5.02 Å². The monoisotopic (exact) mass is 327 g/mol. The predicted octanol–water partition coefficient (Wildman–Crippen LogP) is 1.06. The molecule has 8 heteroatoms. The highest BCUT2D eigenvalue weighted by atomic mass is 35.5. The van der Waals surface area contributed by atoms with E-state index in [1.54, 1.807) is 4.90 Å². The van der Waals surface area contributed by atoms with Crippen LogP contribution in [-0.2, 0) is 14.8 Å². The van der Waals surface area contributed by atoms with Gasteiger partial charge in [0, 0.05) is 33.1 Å². The zero-order valence-electron chi connectivity index (χ0n) is 11.4. The molecule has 0 aromatic heterocycles. The maximum absolute atomic E-state index is 12.6. The molecule has 1 aliphatic heterocycles. The second-order valence-electron chi connectivity index (χ2n) is 4.67. The van der Waals surface area contributed by atoms with Crippen LogP contribution in [-0.4, -0.2) is 49.7 Å². The zero-order valence-corrected chi connectivity index (χ0v) is 13.0. The fourth-order valence-electron chi connectivity index (χ4n) is 2.15. The first kappa shape index (κ1) is 15.8. The molecule has 6 nitrogen and oxygen atoms in total. The van der Waals surface area contributed by atoms with Gasteiger partial charge in [-0.15, -0.1) is 0 Å². The average Bonchev–Trinajstić information content (AvgIpc) is 2.47. The van der Waals surface area contributed by atoms with Crippen molar-refractivity contribution >= 4 is 27.5 Å². The molecular formula is C13H14ClN3O3S. The van der Waals surface area contributed by atoms with E-state index >= 15 is 0 Å². The molecule has 0 bridgehead atoms. The lowest BCUT2D eigenvalue weighted by atomic mass is 10.2. The lowest BCUT2D eigenvalue weighted by Crippen LogP contribution is -2.49. The van der Waals surface area contributed by atoms with Gasteiger partial charge in [0.1, 0.15) is 4.90 Å². The van der Waals surface area contributed by atoms with E-state index in [0.717, 1.165) is 0 Å². The molecule has 1 heterocycles. The zero-order chi connectivity index (χ0) is 15.6. The summed E-state index contributed by atoms with van der Waals surface area (Å²) >= 11 is 5.96. The number of halogens is 1. The highest BCUT2D eigenvalue weighted by molar-refractivity contribution is 7.89. The van der Waals surface area contributed by atoms with Crippen LogP contribution in [0.5, 0.6) is 0 Å². The molecule has 1 aromatic rings. The van der Waals surface area contributed by atoms with Gasteiger partial charge in [-0.2, -0.15) is 9.57 Å². The topological polar surface area (TPSA) is 81.5 Å². The third kappa shape index (κ3) is 3.18. The Morgan fingerprint density at radius 1 is 1.29 bits per heavy atom. The van der Waals surface area contributed by atoms with Gasteiger partial charge in [0.15, 0.2) is 0 Å². The van der Waals surface area contributed by atoms with E-state index in [1.807, 2.05) is 6.07 Å². The average molecular weight is 328 g/mol. The Kier molecular flexibility index (Phi) is 4.52. The minimum atomic E-state index is -3.76. The molecule has 1 amide bonds. The Balaban J connectivity index is 2.28. The van der Waals surface area contributed by atoms with Gasteiger partial charge in [0.25, 0.3) is 0 Å². The minimum absolute atomic E-state index is 0.0699. The highest BCUT2D eigenvalue weighted by Crippen LogP contribution is 2.26. The van der Waals surface area contributed by atoms with Crippen LogP contribution < -0.4 is 0 Å². The quantitative estimate of drug-likeness (QED) is 0.813.